The predicted octanol–water partition coefficient (Wildman–Crippen LogP) is 3.02. The molecule has 1 heterocycles. The highest BCUT2D eigenvalue weighted by molar-refractivity contribution is 5.21. The maximum atomic E-state index is 13.7. The topological polar surface area (TPSA) is 29.9 Å². The van der Waals surface area contributed by atoms with Gasteiger partial charge in [-0.15, -0.1) is 0 Å². The van der Waals surface area contributed by atoms with Gasteiger partial charge in [0.1, 0.15) is 5.82 Å². The Morgan fingerprint density at radius 2 is 2.10 bits per heavy atom. The summed E-state index contributed by atoms with van der Waals surface area (Å²) in [6, 6.07) is 4.25. The third-order valence-electron chi connectivity index (χ3n) is 3.23. The molecule has 0 radical (unpaired) electrons. The van der Waals surface area contributed by atoms with E-state index in [1.54, 1.807) is 12.3 Å². The third kappa shape index (κ3) is 3.22. The maximum absolute atomic E-state index is 13.7. The molecule has 5 heteroatoms. The Balaban J connectivity index is 2.20. The maximum Gasteiger partial charge on any atom is 0.163 e. The molecule has 0 atom stereocenters. The van der Waals surface area contributed by atoms with Crippen molar-refractivity contribution in [1.29, 1.82) is 0 Å². The van der Waals surface area contributed by atoms with E-state index >= 15 is 0 Å². The van der Waals surface area contributed by atoms with Gasteiger partial charge in [0.15, 0.2) is 11.6 Å². The molecule has 2 rings (SSSR count). The van der Waals surface area contributed by atoms with Crippen LogP contribution in [0.1, 0.15) is 30.4 Å². The lowest BCUT2D eigenvalue weighted by Crippen LogP contribution is -2.18. The quantitative estimate of drug-likeness (QED) is 0.824. The number of hydrogen-bond acceptors (Lipinski definition) is 2. The van der Waals surface area contributed by atoms with Crippen molar-refractivity contribution in [3.8, 4) is 0 Å². The van der Waals surface area contributed by atoms with Crippen LogP contribution in [-0.2, 0) is 13.1 Å². The average Bonchev–Trinajstić information content (AvgIpc) is 2.77. The van der Waals surface area contributed by atoms with Crippen LogP contribution in [0.2, 0.25) is 0 Å². The first-order chi connectivity index (χ1) is 9.63. The van der Waals surface area contributed by atoms with Gasteiger partial charge in [-0.25, -0.2) is 13.8 Å². The molecule has 1 N–H and O–H groups in total. The number of rotatable bonds is 6. The molecule has 1 aromatic carbocycles. The second-order valence-corrected chi connectivity index (χ2v) is 4.77. The van der Waals surface area contributed by atoms with Gasteiger partial charge in [0, 0.05) is 18.3 Å². The van der Waals surface area contributed by atoms with Gasteiger partial charge in [-0.2, -0.15) is 0 Å². The zero-order valence-electron chi connectivity index (χ0n) is 11.8. The summed E-state index contributed by atoms with van der Waals surface area (Å²) in [7, 11) is 0. The fourth-order valence-corrected chi connectivity index (χ4v) is 2.11. The highest BCUT2D eigenvalue weighted by Gasteiger charge is 2.12. The lowest BCUT2D eigenvalue weighted by atomic mass is 10.2. The highest BCUT2D eigenvalue weighted by atomic mass is 19.2. The van der Waals surface area contributed by atoms with Crippen LogP contribution in [0, 0.1) is 18.6 Å². The number of imidazole rings is 1. The third-order valence-corrected chi connectivity index (χ3v) is 3.23. The Labute approximate surface area is 117 Å². The Hall–Kier alpha value is -1.75. The van der Waals surface area contributed by atoms with Gasteiger partial charge in [-0.3, -0.25) is 0 Å². The molecule has 1 aromatic heterocycles. The van der Waals surface area contributed by atoms with Crippen LogP contribution in [-0.4, -0.2) is 16.1 Å². The molecule has 0 aliphatic carbocycles. The zero-order valence-corrected chi connectivity index (χ0v) is 11.8. The van der Waals surface area contributed by atoms with Gasteiger partial charge in [-0.1, -0.05) is 19.1 Å². The van der Waals surface area contributed by atoms with Crippen LogP contribution < -0.4 is 5.32 Å². The van der Waals surface area contributed by atoms with E-state index in [1.165, 1.54) is 6.07 Å². The summed E-state index contributed by atoms with van der Waals surface area (Å²) in [5, 5.41) is 3.29. The molecule has 3 nitrogen and oxygen atoms in total. The minimum atomic E-state index is -0.814. The van der Waals surface area contributed by atoms with Crippen molar-refractivity contribution in [2.75, 3.05) is 6.54 Å². The summed E-state index contributed by atoms with van der Waals surface area (Å²) in [5.74, 6) is -0.805. The SMILES string of the molecule is CCCNCc1cnc(C)n1Cc1cccc(F)c1F. The predicted molar refractivity (Wildman–Crippen MR) is 74.4 cm³/mol. The fraction of sp³-hybridized carbons (Fsp3) is 0.400. The molecule has 0 saturated carbocycles. The standard InChI is InChI=1S/C15H19F2N3/c1-3-7-18-8-13-9-19-11(2)20(13)10-12-5-4-6-14(16)15(12)17/h4-6,9,18H,3,7-8,10H2,1-2H3. The fourth-order valence-electron chi connectivity index (χ4n) is 2.11. The molecular weight excluding hydrogens is 260 g/mol. The van der Waals surface area contributed by atoms with Gasteiger partial charge in [0.25, 0.3) is 0 Å². The molecule has 108 valence electrons. The summed E-state index contributed by atoms with van der Waals surface area (Å²) in [6.45, 7) is 5.83. The number of aryl methyl sites for hydroxylation is 1. The Kier molecular flexibility index (Phi) is 4.84. The van der Waals surface area contributed by atoms with E-state index in [0.717, 1.165) is 30.6 Å². The molecule has 0 saturated heterocycles. The largest absolute Gasteiger partial charge is 0.326 e. The molecule has 0 bridgehead atoms. The van der Waals surface area contributed by atoms with Crippen LogP contribution in [0.5, 0.6) is 0 Å². The number of halogens is 2. The Bertz CT molecular complexity index is 578. The van der Waals surface area contributed by atoms with E-state index in [4.69, 9.17) is 0 Å². The number of benzene rings is 1. The van der Waals surface area contributed by atoms with Gasteiger partial charge in [0.2, 0.25) is 0 Å². The number of nitrogens with one attached hydrogen (secondary N) is 1. The average molecular weight is 279 g/mol. The first kappa shape index (κ1) is 14.7. The van der Waals surface area contributed by atoms with E-state index in [1.807, 2.05) is 11.5 Å². The van der Waals surface area contributed by atoms with Gasteiger partial charge in [0.05, 0.1) is 12.2 Å². The van der Waals surface area contributed by atoms with Crippen LogP contribution >= 0.6 is 0 Å². The van der Waals surface area contributed by atoms with Crippen LogP contribution in [0.3, 0.4) is 0 Å². The van der Waals surface area contributed by atoms with Gasteiger partial charge in [-0.05, 0) is 26.0 Å². The molecule has 0 aliphatic heterocycles. The second kappa shape index (κ2) is 6.61. The van der Waals surface area contributed by atoms with Crippen molar-refractivity contribution in [2.45, 2.75) is 33.4 Å². The number of hydrogen-bond donors (Lipinski definition) is 1. The molecule has 0 fully saturated rings. The van der Waals surface area contributed by atoms with Crippen molar-refractivity contribution in [3.63, 3.8) is 0 Å². The first-order valence-corrected chi connectivity index (χ1v) is 6.78. The molecule has 2 aromatic rings. The second-order valence-electron chi connectivity index (χ2n) is 4.77. The van der Waals surface area contributed by atoms with Crippen LogP contribution in [0.25, 0.3) is 0 Å². The van der Waals surface area contributed by atoms with Crippen molar-refractivity contribution in [3.05, 3.63) is 53.1 Å². The van der Waals surface area contributed by atoms with Crippen molar-refractivity contribution in [1.82, 2.24) is 14.9 Å². The molecule has 0 amide bonds. The summed E-state index contributed by atoms with van der Waals surface area (Å²) < 4.78 is 28.9. The normalized spacial score (nSPS) is 11.0. The van der Waals surface area contributed by atoms with E-state index in [9.17, 15) is 8.78 Å². The minimum Gasteiger partial charge on any atom is -0.326 e. The van der Waals surface area contributed by atoms with E-state index in [-0.39, 0.29) is 0 Å². The first-order valence-electron chi connectivity index (χ1n) is 6.78. The molecule has 0 aliphatic rings. The molecule has 20 heavy (non-hydrogen) atoms. The minimum absolute atomic E-state index is 0.290. The highest BCUT2D eigenvalue weighted by Crippen LogP contribution is 2.15. The van der Waals surface area contributed by atoms with Crippen molar-refractivity contribution >= 4 is 0 Å². The lowest BCUT2D eigenvalue weighted by Gasteiger charge is -2.12. The number of nitrogens with zero attached hydrogens (tertiary/aromatic N) is 2. The van der Waals surface area contributed by atoms with E-state index in [0.29, 0.717) is 18.7 Å². The Morgan fingerprint density at radius 1 is 1.30 bits per heavy atom. The van der Waals surface area contributed by atoms with Gasteiger partial charge < -0.3 is 9.88 Å². The van der Waals surface area contributed by atoms with Crippen LogP contribution in [0.4, 0.5) is 8.78 Å². The van der Waals surface area contributed by atoms with Crippen molar-refractivity contribution in [2.24, 2.45) is 0 Å². The monoisotopic (exact) mass is 279 g/mol. The van der Waals surface area contributed by atoms with E-state index < -0.39 is 11.6 Å². The summed E-state index contributed by atoms with van der Waals surface area (Å²) in [5.41, 5.74) is 1.31. The summed E-state index contributed by atoms with van der Waals surface area (Å²) in [6.07, 6.45) is 2.82. The smallest absolute Gasteiger partial charge is 0.163 e. The molecule has 0 spiro atoms. The Morgan fingerprint density at radius 3 is 2.85 bits per heavy atom. The van der Waals surface area contributed by atoms with Crippen molar-refractivity contribution < 1.29 is 8.78 Å². The van der Waals surface area contributed by atoms with E-state index in [2.05, 4.69) is 17.2 Å². The summed E-state index contributed by atoms with van der Waals surface area (Å²) in [4.78, 5) is 4.25. The molecule has 0 unspecified atom stereocenters. The molecular formula is C15H19F2N3. The van der Waals surface area contributed by atoms with Gasteiger partial charge >= 0.3 is 0 Å². The summed E-state index contributed by atoms with van der Waals surface area (Å²) >= 11 is 0. The van der Waals surface area contributed by atoms with Crippen LogP contribution in [0.15, 0.2) is 24.4 Å². The zero-order chi connectivity index (χ0) is 14.5. The number of aromatic nitrogens is 2. The lowest BCUT2D eigenvalue weighted by molar-refractivity contribution is 0.493.